The van der Waals surface area contributed by atoms with Gasteiger partial charge in [-0.2, -0.15) is 5.10 Å². The third-order valence-electron chi connectivity index (χ3n) is 8.29. The Kier molecular flexibility index (Phi) is 6.71. The number of carboxylic acids is 1. The molecule has 0 bridgehead atoms. The second-order valence-corrected chi connectivity index (χ2v) is 11.0. The summed E-state index contributed by atoms with van der Waals surface area (Å²) in [5, 5.41) is 22.7. The van der Waals surface area contributed by atoms with Crippen molar-refractivity contribution in [3.8, 4) is 5.69 Å². The molecule has 2 saturated carbocycles. The van der Waals surface area contributed by atoms with Crippen LogP contribution in [-0.4, -0.2) is 61.7 Å². The number of anilines is 1. The maximum atomic E-state index is 12.1. The normalized spacial score (nSPS) is 24.4. The van der Waals surface area contributed by atoms with Gasteiger partial charge in [-0.15, -0.1) is 5.10 Å². The summed E-state index contributed by atoms with van der Waals surface area (Å²) in [4.78, 5) is 14.5. The number of hydrogen-bond donors (Lipinski definition) is 1. The molecule has 1 aromatic carbocycles. The van der Waals surface area contributed by atoms with Gasteiger partial charge in [0.15, 0.2) is 0 Å². The second-order valence-electron chi connectivity index (χ2n) is 11.0. The molecular weight excluding hydrogens is 468 g/mol. The lowest BCUT2D eigenvalue weighted by molar-refractivity contribution is 0.0136. The molecule has 3 aromatic rings. The predicted octanol–water partition coefficient (Wildman–Crippen LogP) is 4.54. The van der Waals surface area contributed by atoms with Gasteiger partial charge >= 0.3 is 5.97 Å². The number of aromatic carboxylic acids is 1. The molecule has 0 spiro atoms. The van der Waals surface area contributed by atoms with Gasteiger partial charge in [0.25, 0.3) is 0 Å². The number of benzene rings is 1. The molecule has 0 amide bonds. The Balaban J connectivity index is 1.20. The minimum absolute atomic E-state index is 0.0570. The molecular formula is C28H36N6O3. The second kappa shape index (κ2) is 10.3. The Morgan fingerprint density at radius 1 is 1.11 bits per heavy atom. The Hall–Kier alpha value is -3.20. The molecule has 9 heteroatoms. The average Bonchev–Trinajstić information content (AvgIpc) is 3.37. The van der Waals surface area contributed by atoms with Crippen LogP contribution >= 0.6 is 0 Å². The molecule has 196 valence electrons. The van der Waals surface area contributed by atoms with Gasteiger partial charge in [0.05, 0.1) is 29.4 Å². The van der Waals surface area contributed by atoms with E-state index in [9.17, 15) is 9.90 Å². The zero-order chi connectivity index (χ0) is 25.4. The van der Waals surface area contributed by atoms with Crippen LogP contribution in [0.2, 0.25) is 0 Å². The summed E-state index contributed by atoms with van der Waals surface area (Å²) >= 11 is 0. The number of ether oxygens (including phenoxy) is 1. The molecule has 6 rings (SSSR count). The van der Waals surface area contributed by atoms with Gasteiger partial charge in [-0.25, -0.2) is 9.48 Å². The van der Waals surface area contributed by atoms with Gasteiger partial charge in [0, 0.05) is 50.5 Å². The highest BCUT2D eigenvalue weighted by molar-refractivity contribution is 5.89. The van der Waals surface area contributed by atoms with E-state index in [1.54, 1.807) is 4.68 Å². The van der Waals surface area contributed by atoms with E-state index in [0.29, 0.717) is 0 Å². The minimum atomic E-state index is -0.948. The van der Waals surface area contributed by atoms with Crippen LogP contribution in [0.15, 0.2) is 36.7 Å². The first-order valence-electron chi connectivity index (χ1n) is 13.7. The molecule has 3 aliphatic rings. The van der Waals surface area contributed by atoms with Gasteiger partial charge in [-0.1, -0.05) is 30.5 Å². The summed E-state index contributed by atoms with van der Waals surface area (Å²) in [6, 6.07) is 8.31. The third kappa shape index (κ3) is 5.14. The highest BCUT2D eigenvalue weighted by Gasteiger charge is 2.46. The Labute approximate surface area is 217 Å². The van der Waals surface area contributed by atoms with Crippen molar-refractivity contribution in [1.82, 2.24) is 24.8 Å². The van der Waals surface area contributed by atoms with Gasteiger partial charge in [0.2, 0.25) is 0 Å². The Morgan fingerprint density at radius 3 is 2.73 bits per heavy atom. The van der Waals surface area contributed by atoms with Crippen molar-refractivity contribution in [3.05, 3.63) is 53.6 Å². The molecule has 1 saturated heterocycles. The number of hydrogen-bond acceptors (Lipinski definition) is 6. The topological polar surface area (TPSA) is 98.3 Å². The van der Waals surface area contributed by atoms with Gasteiger partial charge in [-0.05, 0) is 56.2 Å². The van der Waals surface area contributed by atoms with E-state index in [1.807, 2.05) is 30.1 Å². The van der Waals surface area contributed by atoms with Gasteiger partial charge < -0.3 is 14.7 Å². The minimum Gasteiger partial charge on any atom is -0.478 e. The van der Waals surface area contributed by atoms with Crippen molar-refractivity contribution in [3.63, 3.8) is 0 Å². The monoisotopic (exact) mass is 504 g/mol. The fourth-order valence-electron chi connectivity index (χ4n) is 6.20. The molecule has 3 atom stereocenters. The molecule has 2 aliphatic carbocycles. The standard InChI is InChI=1S/C28H36N6O3/c1-32-17-26(30-31-32)23-14-24(23)27-25(28(35)36)15-29-34(27)21-10-5-9-20(13-21)33-12-6-11-22(16-33)37-18-19-7-3-2-4-8-19/h5,9-10,13,15,17,19,22-24H,2-4,6-8,11-12,14,16,18H2,1H3,(H,35,36)/t22?,23-,24-/m1/s1. The lowest BCUT2D eigenvalue weighted by Gasteiger charge is -2.35. The smallest absolute Gasteiger partial charge is 0.339 e. The van der Waals surface area contributed by atoms with Crippen molar-refractivity contribution < 1.29 is 14.6 Å². The van der Waals surface area contributed by atoms with Crippen LogP contribution in [0.1, 0.15) is 84.9 Å². The molecule has 3 heterocycles. The number of carboxylic acid groups (broad SMARTS) is 1. The van der Waals surface area contributed by atoms with E-state index in [1.165, 1.54) is 38.3 Å². The first kappa shape index (κ1) is 24.2. The van der Waals surface area contributed by atoms with Crippen molar-refractivity contribution in [1.29, 1.82) is 0 Å². The fraction of sp³-hybridized carbons (Fsp3) is 0.571. The molecule has 9 nitrogen and oxygen atoms in total. The molecule has 1 N–H and O–H groups in total. The average molecular weight is 505 g/mol. The summed E-state index contributed by atoms with van der Waals surface area (Å²) in [5.41, 5.74) is 3.92. The van der Waals surface area contributed by atoms with E-state index in [2.05, 4.69) is 32.4 Å². The summed E-state index contributed by atoms with van der Waals surface area (Å²) in [6.07, 6.45) is 13.4. The largest absolute Gasteiger partial charge is 0.478 e. The zero-order valence-electron chi connectivity index (χ0n) is 21.5. The highest BCUT2D eigenvalue weighted by Crippen LogP contribution is 2.55. The third-order valence-corrected chi connectivity index (χ3v) is 8.29. The maximum Gasteiger partial charge on any atom is 0.339 e. The van der Waals surface area contributed by atoms with Crippen LogP contribution in [0.25, 0.3) is 5.69 Å². The van der Waals surface area contributed by atoms with Crippen LogP contribution in [0.3, 0.4) is 0 Å². The van der Waals surface area contributed by atoms with Crippen LogP contribution < -0.4 is 4.90 Å². The summed E-state index contributed by atoms with van der Waals surface area (Å²) in [6.45, 7) is 2.78. The number of aryl methyl sites for hydroxylation is 1. The number of rotatable bonds is 8. The van der Waals surface area contributed by atoms with Crippen molar-refractivity contribution >= 4 is 11.7 Å². The zero-order valence-corrected chi connectivity index (χ0v) is 21.5. The number of aromatic nitrogens is 5. The van der Waals surface area contributed by atoms with Gasteiger partial charge in [0.1, 0.15) is 5.56 Å². The van der Waals surface area contributed by atoms with Gasteiger partial charge in [-0.3, -0.25) is 4.68 Å². The van der Waals surface area contributed by atoms with E-state index in [4.69, 9.17) is 4.74 Å². The number of nitrogens with zero attached hydrogens (tertiary/aromatic N) is 6. The van der Waals surface area contributed by atoms with E-state index in [-0.39, 0.29) is 23.5 Å². The van der Waals surface area contributed by atoms with Crippen LogP contribution in [0.4, 0.5) is 5.69 Å². The van der Waals surface area contributed by atoms with Crippen LogP contribution in [-0.2, 0) is 11.8 Å². The number of piperidine rings is 1. The molecule has 2 aromatic heterocycles. The first-order chi connectivity index (χ1) is 18.1. The highest BCUT2D eigenvalue weighted by atomic mass is 16.5. The fourth-order valence-corrected chi connectivity index (χ4v) is 6.20. The quantitative estimate of drug-likeness (QED) is 0.481. The maximum absolute atomic E-state index is 12.1. The lowest BCUT2D eigenvalue weighted by atomic mass is 9.90. The molecule has 0 radical (unpaired) electrons. The SMILES string of the molecule is Cn1cc([C@@H]2C[C@H]2c2c(C(=O)O)cnn2-c2cccc(N3CCCC(OCC4CCCCC4)C3)c2)nn1. The Morgan fingerprint density at radius 2 is 1.95 bits per heavy atom. The van der Waals surface area contributed by atoms with E-state index in [0.717, 1.165) is 67.6 Å². The van der Waals surface area contributed by atoms with Crippen molar-refractivity contribution in [2.45, 2.75) is 69.3 Å². The molecule has 1 unspecified atom stereocenters. The van der Waals surface area contributed by atoms with Crippen LogP contribution in [0, 0.1) is 5.92 Å². The van der Waals surface area contributed by atoms with Crippen molar-refractivity contribution in [2.75, 3.05) is 24.6 Å². The molecule has 37 heavy (non-hydrogen) atoms. The Bertz CT molecular complexity index is 1250. The molecule has 3 fully saturated rings. The van der Waals surface area contributed by atoms with Crippen molar-refractivity contribution in [2.24, 2.45) is 13.0 Å². The summed E-state index contributed by atoms with van der Waals surface area (Å²) in [7, 11) is 1.85. The van der Waals surface area contributed by atoms with E-state index < -0.39 is 5.97 Å². The molecule has 1 aliphatic heterocycles. The predicted molar refractivity (Wildman–Crippen MR) is 139 cm³/mol. The lowest BCUT2D eigenvalue weighted by Crippen LogP contribution is -2.40. The first-order valence-corrected chi connectivity index (χ1v) is 13.7. The summed E-state index contributed by atoms with van der Waals surface area (Å²) in [5.74, 6) is -0.00506. The summed E-state index contributed by atoms with van der Waals surface area (Å²) < 4.78 is 9.90. The van der Waals surface area contributed by atoms with Crippen LogP contribution in [0.5, 0.6) is 0 Å². The van der Waals surface area contributed by atoms with E-state index >= 15 is 0 Å². The number of carbonyl (C=O) groups is 1.